The number of aromatic nitrogens is 4. The van der Waals surface area contributed by atoms with Gasteiger partial charge in [-0.2, -0.15) is 4.98 Å². The smallest absolute Gasteiger partial charge is 0.277 e. The molecule has 2 heterocycles. The Morgan fingerprint density at radius 3 is 2.47 bits per heavy atom. The zero-order valence-corrected chi connectivity index (χ0v) is 17.2. The maximum atomic E-state index is 13.7. The van der Waals surface area contributed by atoms with E-state index >= 15 is 0 Å². The first kappa shape index (κ1) is 19.9. The molecule has 154 valence electrons. The minimum atomic E-state index is -0.319. The summed E-state index contributed by atoms with van der Waals surface area (Å²) in [7, 11) is 3.13. The van der Waals surface area contributed by atoms with E-state index in [9.17, 15) is 4.39 Å². The van der Waals surface area contributed by atoms with Crippen molar-refractivity contribution in [1.29, 1.82) is 0 Å². The molecule has 0 saturated heterocycles. The summed E-state index contributed by atoms with van der Waals surface area (Å²) >= 11 is 1.25. The molecule has 0 aliphatic heterocycles. The molecule has 0 aliphatic rings. The van der Waals surface area contributed by atoms with Gasteiger partial charge in [0.25, 0.3) is 5.22 Å². The SMILES string of the molecule is COc1cc(OC)cc(-c2nnc(SCc3nc(-c4ccc(C)c(F)c4)no3)o2)c1. The van der Waals surface area contributed by atoms with Crippen molar-refractivity contribution < 1.29 is 22.8 Å². The van der Waals surface area contributed by atoms with Gasteiger partial charge in [-0.3, -0.25) is 0 Å². The molecule has 0 radical (unpaired) electrons. The number of methoxy groups -OCH3 is 2. The van der Waals surface area contributed by atoms with Crippen molar-refractivity contribution in [2.75, 3.05) is 14.2 Å². The number of nitrogens with zero attached hydrogens (tertiary/aromatic N) is 4. The van der Waals surface area contributed by atoms with Crippen LogP contribution in [0.25, 0.3) is 22.8 Å². The van der Waals surface area contributed by atoms with Gasteiger partial charge in [-0.25, -0.2) is 4.39 Å². The first-order valence-electron chi connectivity index (χ1n) is 8.84. The highest BCUT2D eigenvalue weighted by atomic mass is 32.2. The first-order valence-corrected chi connectivity index (χ1v) is 9.83. The van der Waals surface area contributed by atoms with Crippen LogP contribution < -0.4 is 9.47 Å². The van der Waals surface area contributed by atoms with Gasteiger partial charge in [0.2, 0.25) is 17.6 Å². The number of thioether (sulfide) groups is 1. The summed E-state index contributed by atoms with van der Waals surface area (Å²) in [6, 6.07) is 10.1. The number of halogens is 1. The van der Waals surface area contributed by atoms with Crippen LogP contribution in [0.1, 0.15) is 11.5 Å². The third-order valence-corrected chi connectivity index (χ3v) is 5.03. The minimum Gasteiger partial charge on any atom is -0.497 e. The monoisotopic (exact) mass is 428 g/mol. The van der Waals surface area contributed by atoms with E-state index in [2.05, 4.69) is 20.3 Å². The van der Waals surface area contributed by atoms with E-state index in [-0.39, 0.29) is 5.82 Å². The third-order valence-electron chi connectivity index (χ3n) is 4.22. The lowest BCUT2D eigenvalue weighted by Crippen LogP contribution is -1.88. The molecule has 0 aliphatic carbocycles. The Balaban J connectivity index is 1.45. The summed E-state index contributed by atoms with van der Waals surface area (Å²) in [5, 5.41) is 12.3. The molecule has 8 nitrogen and oxygen atoms in total. The van der Waals surface area contributed by atoms with Gasteiger partial charge in [0.1, 0.15) is 17.3 Å². The number of hydrogen-bond acceptors (Lipinski definition) is 9. The van der Waals surface area contributed by atoms with E-state index in [1.807, 2.05) is 0 Å². The molecule has 0 atom stereocenters. The second kappa shape index (κ2) is 8.54. The van der Waals surface area contributed by atoms with Gasteiger partial charge in [-0.1, -0.05) is 29.1 Å². The van der Waals surface area contributed by atoms with Crippen LogP contribution in [0, 0.1) is 12.7 Å². The van der Waals surface area contributed by atoms with Crippen LogP contribution >= 0.6 is 11.8 Å². The van der Waals surface area contributed by atoms with Crippen LogP contribution in [0.4, 0.5) is 4.39 Å². The Morgan fingerprint density at radius 2 is 1.77 bits per heavy atom. The van der Waals surface area contributed by atoms with Crippen molar-refractivity contribution in [1.82, 2.24) is 20.3 Å². The van der Waals surface area contributed by atoms with Gasteiger partial charge in [-0.05, 0) is 30.7 Å². The van der Waals surface area contributed by atoms with E-state index < -0.39 is 0 Å². The maximum absolute atomic E-state index is 13.7. The highest BCUT2D eigenvalue weighted by Gasteiger charge is 2.15. The van der Waals surface area contributed by atoms with Gasteiger partial charge in [0.05, 0.1) is 20.0 Å². The molecular formula is C20H17FN4O4S. The maximum Gasteiger partial charge on any atom is 0.277 e. The largest absolute Gasteiger partial charge is 0.497 e. The van der Waals surface area contributed by atoms with Gasteiger partial charge < -0.3 is 18.4 Å². The first-order chi connectivity index (χ1) is 14.6. The van der Waals surface area contributed by atoms with Crippen LogP contribution in [0.2, 0.25) is 0 Å². The molecule has 10 heteroatoms. The lowest BCUT2D eigenvalue weighted by atomic mass is 10.1. The molecule has 0 N–H and O–H groups in total. The molecular weight excluding hydrogens is 411 g/mol. The van der Waals surface area contributed by atoms with Gasteiger partial charge >= 0.3 is 0 Å². The van der Waals surface area contributed by atoms with Crippen molar-refractivity contribution in [2.45, 2.75) is 17.9 Å². The Kier molecular flexibility index (Phi) is 5.66. The summed E-state index contributed by atoms with van der Waals surface area (Å²) < 4.78 is 35.2. The average Bonchev–Trinajstić information content (AvgIpc) is 3.43. The standard InChI is InChI=1S/C20H17FN4O4S/c1-11-4-5-12(8-16(11)21)18-22-17(29-25-18)10-30-20-24-23-19(28-20)13-6-14(26-2)9-15(7-13)27-3/h4-9H,10H2,1-3H3. The van der Waals surface area contributed by atoms with Crippen molar-refractivity contribution in [3.8, 4) is 34.3 Å². The second-order valence-corrected chi connectivity index (χ2v) is 7.17. The van der Waals surface area contributed by atoms with Crippen LogP contribution in [0.5, 0.6) is 11.5 Å². The fourth-order valence-electron chi connectivity index (χ4n) is 2.60. The normalized spacial score (nSPS) is 10.9. The zero-order chi connectivity index (χ0) is 21.1. The predicted molar refractivity (Wildman–Crippen MR) is 107 cm³/mol. The van der Waals surface area contributed by atoms with Crippen LogP contribution in [0.3, 0.4) is 0 Å². The Bertz CT molecular complexity index is 1160. The molecule has 4 aromatic rings. The molecule has 0 unspecified atom stereocenters. The van der Waals surface area contributed by atoms with Crippen molar-refractivity contribution in [2.24, 2.45) is 0 Å². The summed E-state index contributed by atoms with van der Waals surface area (Å²) in [5.41, 5.74) is 1.77. The van der Waals surface area contributed by atoms with E-state index in [0.29, 0.717) is 56.8 Å². The Hall–Kier alpha value is -3.40. The lowest BCUT2D eigenvalue weighted by Gasteiger charge is -2.05. The van der Waals surface area contributed by atoms with E-state index in [4.69, 9.17) is 18.4 Å². The quantitative estimate of drug-likeness (QED) is 0.393. The molecule has 0 fully saturated rings. The zero-order valence-electron chi connectivity index (χ0n) is 16.4. The third kappa shape index (κ3) is 4.28. The molecule has 4 rings (SSSR count). The topological polar surface area (TPSA) is 96.3 Å². The van der Waals surface area contributed by atoms with E-state index in [1.54, 1.807) is 51.5 Å². The van der Waals surface area contributed by atoms with Crippen molar-refractivity contribution in [3.63, 3.8) is 0 Å². The van der Waals surface area contributed by atoms with Crippen LogP contribution in [-0.4, -0.2) is 34.6 Å². The lowest BCUT2D eigenvalue weighted by molar-refractivity contribution is 0.390. The van der Waals surface area contributed by atoms with E-state index in [1.165, 1.54) is 17.8 Å². The summed E-state index contributed by atoms with van der Waals surface area (Å²) in [4.78, 5) is 4.29. The second-order valence-electron chi connectivity index (χ2n) is 6.24. The molecule has 2 aromatic heterocycles. The van der Waals surface area contributed by atoms with Crippen LogP contribution in [-0.2, 0) is 5.75 Å². The molecule has 0 saturated carbocycles. The molecule has 30 heavy (non-hydrogen) atoms. The Morgan fingerprint density at radius 1 is 1.00 bits per heavy atom. The highest BCUT2D eigenvalue weighted by Crippen LogP contribution is 2.31. The number of ether oxygens (including phenoxy) is 2. The summed E-state index contributed by atoms with van der Waals surface area (Å²) in [5.74, 6) is 2.24. The van der Waals surface area contributed by atoms with Crippen LogP contribution in [0.15, 0.2) is 50.6 Å². The van der Waals surface area contributed by atoms with Crippen molar-refractivity contribution in [3.05, 3.63) is 53.7 Å². The minimum absolute atomic E-state index is 0.319. The fraction of sp³-hybridized carbons (Fsp3) is 0.200. The number of rotatable bonds is 7. The average molecular weight is 428 g/mol. The van der Waals surface area contributed by atoms with Gasteiger partial charge in [-0.15, -0.1) is 10.2 Å². The van der Waals surface area contributed by atoms with Gasteiger partial charge in [0, 0.05) is 17.2 Å². The number of hydrogen-bond donors (Lipinski definition) is 0. The fourth-order valence-corrected chi connectivity index (χ4v) is 3.20. The summed E-state index contributed by atoms with van der Waals surface area (Å²) in [6.07, 6.45) is 0. The molecule has 0 spiro atoms. The molecule has 0 amide bonds. The Labute approximate surface area is 175 Å². The molecule has 0 bridgehead atoms. The summed E-state index contributed by atoms with van der Waals surface area (Å²) in [6.45, 7) is 1.69. The highest BCUT2D eigenvalue weighted by molar-refractivity contribution is 7.98. The van der Waals surface area contributed by atoms with Crippen molar-refractivity contribution >= 4 is 11.8 Å². The molecule has 2 aromatic carbocycles. The predicted octanol–water partition coefficient (Wildman–Crippen LogP) is 4.54. The number of benzene rings is 2. The van der Waals surface area contributed by atoms with E-state index in [0.717, 1.165) is 0 Å². The van der Waals surface area contributed by atoms with Gasteiger partial charge in [0.15, 0.2) is 0 Å². The number of aryl methyl sites for hydroxylation is 1.